The number of nitrogens with one attached hydrogen (secondary N) is 1. The summed E-state index contributed by atoms with van der Waals surface area (Å²) in [6.07, 6.45) is 7.97. The van der Waals surface area contributed by atoms with Crippen molar-refractivity contribution in [3.63, 3.8) is 0 Å². The summed E-state index contributed by atoms with van der Waals surface area (Å²) in [6, 6.07) is 0. The van der Waals surface area contributed by atoms with Crippen molar-refractivity contribution in [1.29, 1.82) is 0 Å². The van der Waals surface area contributed by atoms with Gasteiger partial charge in [-0.1, -0.05) is 33.6 Å². The van der Waals surface area contributed by atoms with E-state index in [-0.39, 0.29) is 24.0 Å². The molecule has 0 aromatic carbocycles. The Kier molecular flexibility index (Phi) is 10.2. The van der Waals surface area contributed by atoms with E-state index < -0.39 is 0 Å². The first-order chi connectivity index (χ1) is 11.2. The molecule has 1 aliphatic rings. The monoisotopic (exact) mass is 464 g/mol. The number of aliphatic imine (C=N–C) groups is 1. The van der Waals surface area contributed by atoms with Crippen molar-refractivity contribution >= 4 is 41.3 Å². The molecule has 1 fully saturated rings. The minimum absolute atomic E-state index is 0. The molecule has 1 atom stereocenters. The molecule has 0 radical (unpaired) electrons. The van der Waals surface area contributed by atoms with E-state index in [0.29, 0.717) is 0 Å². The smallest absolute Gasteiger partial charge is 0.193 e. The van der Waals surface area contributed by atoms with Crippen LogP contribution in [0.15, 0.2) is 11.2 Å². The maximum Gasteiger partial charge on any atom is 0.193 e. The lowest BCUT2D eigenvalue weighted by atomic mass is 9.87. The molecule has 1 aliphatic heterocycles. The van der Waals surface area contributed by atoms with E-state index in [1.165, 1.54) is 29.1 Å². The molecule has 1 saturated heterocycles. The molecule has 138 valence electrons. The number of hydrogen-bond donors (Lipinski definition) is 1. The van der Waals surface area contributed by atoms with Gasteiger partial charge in [0.05, 0.1) is 5.01 Å². The highest BCUT2D eigenvalue weighted by molar-refractivity contribution is 14.0. The summed E-state index contributed by atoms with van der Waals surface area (Å²) >= 11 is 1.83. The van der Waals surface area contributed by atoms with Crippen LogP contribution in [-0.4, -0.2) is 42.5 Å². The maximum atomic E-state index is 4.49. The second kappa shape index (κ2) is 11.3. The van der Waals surface area contributed by atoms with Crippen LogP contribution in [-0.2, 0) is 12.8 Å². The lowest BCUT2D eigenvalue weighted by Gasteiger charge is -2.24. The summed E-state index contributed by atoms with van der Waals surface area (Å²) in [6.45, 7) is 10.0. The van der Waals surface area contributed by atoms with Gasteiger partial charge < -0.3 is 10.2 Å². The minimum Gasteiger partial charge on any atom is -0.356 e. The van der Waals surface area contributed by atoms with E-state index in [1.54, 1.807) is 0 Å². The fraction of sp³-hybridized carbons (Fsp3) is 0.778. The number of rotatable bonds is 7. The highest BCUT2D eigenvalue weighted by Crippen LogP contribution is 2.28. The molecule has 0 amide bonds. The molecule has 2 rings (SSSR count). The maximum absolute atomic E-state index is 4.49. The zero-order valence-electron chi connectivity index (χ0n) is 15.5. The molecule has 2 heterocycles. The predicted octanol–water partition coefficient (Wildman–Crippen LogP) is 4.20. The van der Waals surface area contributed by atoms with Crippen LogP contribution in [0.3, 0.4) is 0 Å². The molecule has 0 aliphatic carbocycles. The van der Waals surface area contributed by atoms with Gasteiger partial charge in [-0.3, -0.25) is 4.99 Å². The third-order valence-corrected chi connectivity index (χ3v) is 6.22. The average Bonchev–Trinajstić information content (AvgIpc) is 3.22. The number of aryl methyl sites for hydroxylation is 1. The van der Waals surface area contributed by atoms with Crippen LogP contribution in [0.4, 0.5) is 0 Å². The first-order valence-corrected chi connectivity index (χ1v) is 9.92. The van der Waals surface area contributed by atoms with Gasteiger partial charge in [0.15, 0.2) is 5.96 Å². The van der Waals surface area contributed by atoms with Crippen molar-refractivity contribution in [2.24, 2.45) is 16.8 Å². The third-order valence-electron chi connectivity index (χ3n) is 5.02. The Morgan fingerprint density at radius 3 is 2.75 bits per heavy atom. The van der Waals surface area contributed by atoms with Crippen LogP contribution in [0.25, 0.3) is 0 Å². The molecule has 0 bridgehead atoms. The Bertz CT molecular complexity index is 499. The van der Waals surface area contributed by atoms with Crippen molar-refractivity contribution in [1.82, 2.24) is 15.2 Å². The zero-order valence-corrected chi connectivity index (χ0v) is 18.7. The van der Waals surface area contributed by atoms with Crippen LogP contribution in [0.1, 0.15) is 49.9 Å². The van der Waals surface area contributed by atoms with Gasteiger partial charge in [-0.25, -0.2) is 4.98 Å². The number of aromatic nitrogens is 1. The van der Waals surface area contributed by atoms with Crippen LogP contribution >= 0.6 is 35.3 Å². The SMILES string of the molecule is CCc1cnc(CCNC(=NC)N2CCC(C(CC)CC)C2)s1.I. The van der Waals surface area contributed by atoms with Crippen molar-refractivity contribution in [3.8, 4) is 0 Å². The normalized spacial score (nSPS) is 18.1. The van der Waals surface area contributed by atoms with Gasteiger partial charge in [0, 0.05) is 44.2 Å². The lowest BCUT2D eigenvalue weighted by Crippen LogP contribution is -2.41. The Morgan fingerprint density at radius 1 is 1.42 bits per heavy atom. The summed E-state index contributed by atoms with van der Waals surface area (Å²) in [5.74, 6) is 2.75. The second-order valence-electron chi connectivity index (χ2n) is 6.37. The van der Waals surface area contributed by atoms with Crippen molar-refractivity contribution < 1.29 is 0 Å². The topological polar surface area (TPSA) is 40.5 Å². The number of guanidine groups is 1. The first-order valence-electron chi connectivity index (χ1n) is 9.10. The van der Waals surface area contributed by atoms with E-state index in [4.69, 9.17) is 0 Å². The lowest BCUT2D eigenvalue weighted by molar-refractivity contribution is 0.319. The van der Waals surface area contributed by atoms with Crippen molar-refractivity contribution in [2.45, 2.75) is 52.9 Å². The number of nitrogens with zero attached hydrogens (tertiary/aromatic N) is 3. The van der Waals surface area contributed by atoms with Crippen LogP contribution < -0.4 is 5.32 Å². The summed E-state index contributed by atoms with van der Waals surface area (Å²) in [5, 5.41) is 4.75. The van der Waals surface area contributed by atoms with Crippen molar-refractivity contribution in [2.75, 3.05) is 26.7 Å². The molecular weight excluding hydrogens is 431 g/mol. The Hall–Kier alpha value is -0.370. The van der Waals surface area contributed by atoms with Gasteiger partial charge in [0.25, 0.3) is 0 Å². The molecule has 4 nitrogen and oxygen atoms in total. The quantitative estimate of drug-likeness (QED) is 0.374. The van der Waals surface area contributed by atoms with Gasteiger partial charge in [0.2, 0.25) is 0 Å². The summed E-state index contributed by atoms with van der Waals surface area (Å²) in [5.41, 5.74) is 0. The van der Waals surface area contributed by atoms with Gasteiger partial charge in [-0.2, -0.15) is 0 Å². The summed E-state index contributed by atoms with van der Waals surface area (Å²) in [4.78, 5) is 12.8. The molecular formula is C18H33IN4S. The predicted molar refractivity (Wildman–Crippen MR) is 116 cm³/mol. The van der Waals surface area contributed by atoms with Gasteiger partial charge >= 0.3 is 0 Å². The molecule has 6 heteroatoms. The third kappa shape index (κ3) is 5.86. The summed E-state index contributed by atoms with van der Waals surface area (Å²) < 4.78 is 0. The Morgan fingerprint density at radius 2 is 2.17 bits per heavy atom. The van der Waals surface area contributed by atoms with Gasteiger partial charge in [-0.15, -0.1) is 35.3 Å². The molecule has 1 N–H and O–H groups in total. The average molecular weight is 464 g/mol. The minimum atomic E-state index is 0. The van der Waals surface area contributed by atoms with E-state index in [2.05, 4.69) is 41.0 Å². The highest BCUT2D eigenvalue weighted by Gasteiger charge is 2.29. The van der Waals surface area contributed by atoms with E-state index >= 15 is 0 Å². The van der Waals surface area contributed by atoms with Crippen molar-refractivity contribution in [3.05, 3.63) is 16.1 Å². The molecule has 0 saturated carbocycles. The largest absolute Gasteiger partial charge is 0.356 e. The van der Waals surface area contributed by atoms with Crippen LogP contribution in [0.5, 0.6) is 0 Å². The van der Waals surface area contributed by atoms with E-state index in [0.717, 1.165) is 50.3 Å². The number of hydrogen-bond acceptors (Lipinski definition) is 3. The number of thiazole rings is 1. The zero-order chi connectivity index (χ0) is 16.7. The fourth-order valence-electron chi connectivity index (χ4n) is 3.56. The Balaban J connectivity index is 0.00000288. The first kappa shape index (κ1) is 21.7. The second-order valence-corrected chi connectivity index (χ2v) is 7.57. The molecule has 0 spiro atoms. The molecule has 1 unspecified atom stereocenters. The highest BCUT2D eigenvalue weighted by atomic mass is 127. The fourth-order valence-corrected chi connectivity index (χ4v) is 4.42. The molecule has 1 aromatic rings. The standard InChI is InChI=1S/C18H32N4S.HI/c1-5-14(6-2)15-9-11-22(13-15)18(19-4)20-10-8-17-21-12-16(7-3)23-17;/h12,14-15H,5-11,13H2,1-4H3,(H,19,20);1H. The van der Waals surface area contributed by atoms with E-state index in [9.17, 15) is 0 Å². The number of likely N-dealkylation sites (tertiary alicyclic amines) is 1. The summed E-state index contributed by atoms with van der Waals surface area (Å²) in [7, 11) is 1.89. The van der Waals surface area contributed by atoms with E-state index in [1.807, 2.05) is 24.6 Å². The van der Waals surface area contributed by atoms with Crippen LogP contribution in [0, 0.1) is 11.8 Å². The van der Waals surface area contributed by atoms with Crippen LogP contribution in [0.2, 0.25) is 0 Å². The molecule has 24 heavy (non-hydrogen) atoms. The molecule has 1 aromatic heterocycles. The number of halogens is 1. The van der Waals surface area contributed by atoms with Gasteiger partial charge in [0.1, 0.15) is 0 Å². The Labute approximate surface area is 168 Å². The van der Waals surface area contributed by atoms with Gasteiger partial charge in [-0.05, 0) is 24.7 Å².